The summed E-state index contributed by atoms with van der Waals surface area (Å²) >= 11 is 0. The van der Waals surface area contributed by atoms with Crippen LogP contribution in [-0.2, 0) is 6.42 Å². The summed E-state index contributed by atoms with van der Waals surface area (Å²) in [4.78, 5) is 0. The summed E-state index contributed by atoms with van der Waals surface area (Å²) in [6.45, 7) is 0. The molecule has 1 unspecified atom stereocenters. The number of rotatable bonds is 1. The number of allylic oxidation sites excluding steroid dienone is 3. The van der Waals surface area contributed by atoms with E-state index in [0.29, 0.717) is 29.4 Å². The van der Waals surface area contributed by atoms with Gasteiger partial charge in [-0.3, -0.25) is 0 Å². The largest absolute Gasteiger partial charge is 0.508 e. The molecule has 0 radical (unpaired) electrons. The fraction of sp³-hybridized carbons (Fsp3) is 0.500. The van der Waals surface area contributed by atoms with Crippen molar-refractivity contribution in [3.8, 4) is 11.5 Å². The molecular formula is C20H24O3. The molecular weight excluding hydrogens is 288 g/mol. The van der Waals surface area contributed by atoms with Gasteiger partial charge in [0.1, 0.15) is 5.76 Å². The van der Waals surface area contributed by atoms with Crippen LogP contribution in [0.15, 0.2) is 36.1 Å². The molecule has 0 amide bonds. The summed E-state index contributed by atoms with van der Waals surface area (Å²) < 4.78 is 0. The first-order valence-electron chi connectivity index (χ1n) is 8.75. The van der Waals surface area contributed by atoms with Crippen LogP contribution in [0.25, 0.3) is 0 Å². The number of phenols is 2. The van der Waals surface area contributed by atoms with Crippen LogP contribution >= 0.6 is 0 Å². The number of benzene rings is 1. The van der Waals surface area contributed by atoms with Crippen LogP contribution in [0.2, 0.25) is 0 Å². The average molecular weight is 312 g/mol. The van der Waals surface area contributed by atoms with E-state index < -0.39 is 0 Å². The predicted octanol–water partition coefficient (Wildman–Crippen LogP) is 4.56. The Hall–Kier alpha value is -1.90. The van der Waals surface area contributed by atoms with Gasteiger partial charge in [-0.2, -0.15) is 0 Å². The molecule has 23 heavy (non-hydrogen) atoms. The van der Waals surface area contributed by atoms with Gasteiger partial charge in [-0.15, -0.1) is 0 Å². The van der Waals surface area contributed by atoms with Crippen LogP contribution in [0, 0.1) is 17.8 Å². The van der Waals surface area contributed by atoms with Crippen LogP contribution in [0.5, 0.6) is 11.5 Å². The van der Waals surface area contributed by atoms with Crippen molar-refractivity contribution >= 4 is 0 Å². The van der Waals surface area contributed by atoms with Crippen molar-refractivity contribution in [2.75, 3.05) is 0 Å². The number of aromatic hydroxyl groups is 2. The first-order chi connectivity index (χ1) is 11.1. The maximum atomic E-state index is 9.91. The third-order valence-corrected chi connectivity index (χ3v) is 6.12. The van der Waals surface area contributed by atoms with Gasteiger partial charge in [-0.1, -0.05) is 18.9 Å². The molecule has 0 spiro atoms. The molecule has 3 nitrogen and oxygen atoms in total. The lowest BCUT2D eigenvalue weighted by atomic mass is 9.59. The SMILES string of the molecule is OC1=CCC([C@@H]2Cc3cc(O)c(O)cc3[C@@H]3CCCC[C@@H]32)C=C1. The van der Waals surface area contributed by atoms with E-state index >= 15 is 0 Å². The number of hydrogen-bond acceptors (Lipinski definition) is 3. The van der Waals surface area contributed by atoms with Gasteiger partial charge in [0.15, 0.2) is 11.5 Å². The highest BCUT2D eigenvalue weighted by molar-refractivity contribution is 5.48. The van der Waals surface area contributed by atoms with Gasteiger partial charge in [0.25, 0.3) is 0 Å². The van der Waals surface area contributed by atoms with Gasteiger partial charge in [-0.05, 0) is 84.8 Å². The molecule has 0 aliphatic heterocycles. The Kier molecular flexibility index (Phi) is 3.59. The van der Waals surface area contributed by atoms with Crippen LogP contribution in [-0.4, -0.2) is 15.3 Å². The molecule has 3 aliphatic carbocycles. The second-order valence-electron chi connectivity index (χ2n) is 7.35. The Morgan fingerprint density at radius 2 is 1.70 bits per heavy atom. The van der Waals surface area contributed by atoms with E-state index in [4.69, 9.17) is 0 Å². The zero-order chi connectivity index (χ0) is 16.0. The van der Waals surface area contributed by atoms with Gasteiger partial charge >= 0.3 is 0 Å². The fourth-order valence-corrected chi connectivity index (χ4v) is 5.03. The van der Waals surface area contributed by atoms with Gasteiger partial charge in [0, 0.05) is 0 Å². The number of hydrogen-bond donors (Lipinski definition) is 3. The van der Waals surface area contributed by atoms with Crippen molar-refractivity contribution in [1.82, 2.24) is 0 Å². The van der Waals surface area contributed by atoms with E-state index in [-0.39, 0.29) is 11.5 Å². The lowest BCUT2D eigenvalue weighted by Crippen LogP contribution is -2.36. The van der Waals surface area contributed by atoms with Crippen LogP contribution in [0.1, 0.15) is 49.1 Å². The minimum absolute atomic E-state index is 0.00603. The molecule has 0 heterocycles. The van der Waals surface area contributed by atoms with Gasteiger partial charge in [-0.25, -0.2) is 0 Å². The minimum Gasteiger partial charge on any atom is -0.508 e. The Morgan fingerprint density at radius 3 is 2.48 bits per heavy atom. The maximum Gasteiger partial charge on any atom is 0.157 e. The summed E-state index contributed by atoms with van der Waals surface area (Å²) in [5.74, 6) is 2.53. The van der Waals surface area contributed by atoms with E-state index in [0.717, 1.165) is 12.8 Å². The maximum absolute atomic E-state index is 9.91. The molecule has 1 aromatic carbocycles. The molecule has 4 atom stereocenters. The first kappa shape index (κ1) is 14.7. The summed E-state index contributed by atoms with van der Waals surface area (Å²) in [6.07, 6.45) is 12.7. The summed E-state index contributed by atoms with van der Waals surface area (Å²) in [5, 5.41) is 29.4. The van der Waals surface area contributed by atoms with E-state index in [1.165, 1.54) is 36.8 Å². The zero-order valence-corrected chi connectivity index (χ0v) is 13.3. The summed E-state index contributed by atoms with van der Waals surface area (Å²) in [5.41, 5.74) is 2.44. The standard InChI is InChI=1S/C20H24O3/c21-14-7-5-12(6-8-14)17-9-13-10-19(22)20(23)11-18(13)16-4-2-1-3-15(16)17/h5,7-8,10-12,15-17,21-23H,1-4,6,9H2/t12?,15-,16+,17-/m0/s1. The van der Waals surface area contributed by atoms with E-state index in [1.807, 2.05) is 12.2 Å². The van der Waals surface area contributed by atoms with Crippen molar-refractivity contribution in [2.24, 2.45) is 17.8 Å². The highest BCUT2D eigenvalue weighted by Gasteiger charge is 2.41. The van der Waals surface area contributed by atoms with E-state index in [2.05, 4.69) is 6.08 Å². The molecule has 1 saturated carbocycles. The van der Waals surface area contributed by atoms with Crippen LogP contribution in [0.3, 0.4) is 0 Å². The normalized spacial score (nSPS) is 32.8. The van der Waals surface area contributed by atoms with Crippen molar-refractivity contribution in [1.29, 1.82) is 0 Å². The van der Waals surface area contributed by atoms with Gasteiger partial charge in [0.05, 0.1) is 0 Å². The number of aliphatic hydroxyl groups excluding tert-OH is 1. The summed E-state index contributed by atoms with van der Waals surface area (Å²) in [7, 11) is 0. The molecule has 0 saturated heterocycles. The van der Waals surface area contributed by atoms with Gasteiger partial charge in [0.2, 0.25) is 0 Å². The molecule has 4 rings (SSSR count). The molecule has 1 fully saturated rings. The highest BCUT2D eigenvalue weighted by atomic mass is 16.3. The fourth-order valence-electron chi connectivity index (χ4n) is 5.03. The quantitative estimate of drug-likeness (QED) is 0.666. The average Bonchev–Trinajstić information content (AvgIpc) is 2.56. The van der Waals surface area contributed by atoms with Crippen molar-refractivity contribution in [3.63, 3.8) is 0 Å². The predicted molar refractivity (Wildman–Crippen MR) is 89.6 cm³/mol. The molecule has 1 aromatic rings. The number of fused-ring (bicyclic) bond motifs is 3. The molecule has 122 valence electrons. The Labute approximate surface area is 137 Å². The topological polar surface area (TPSA) is 60.7 Å². The Morgan fingerprint density at radius 1 is 0.913 bits per heavy atom. The molecule has 3 heteroatoms. The molecule has 3 aliphatic rings. The van der Waals surface area contributed by atoms with Crippen LogP contribution in [0.4, 0.5) is 0 Å². The third-order valence-electron chi connectivity index (χ3n) is 6.12. The lowest BCUT2D eigenvalue weighted by molar-refractivity contribution is 0.155. The Bertz CT molecular complexity index is 674. The van der Waals surface area contributed by atoms with E-state index in [1.54, 1.807) is 12.1 Å². The van der Waals surface area contributed by atoms with Crippen LogP contribution < -0.4 is 0 Å². The van der Waals surface area contributed by atoms with Crippen molar-refractivity contribution < 1.29 is 15.3 Å². The smallest absolute Gasteiger partial charge is 0.157 e. The van der Waals surface area contributed by atoms with E-state index in [9.17, 15) is 15.3 Å². The highest BCUT2D eigenvalue weighted by Crippen LogP contribution is 2.52. The van der Waals surface area contributed by atoms with Gasteiger partial charge < -0.3 is 15.3 Å². The van der Waals surface area contributed by atoms with Crippen molar-refractivity contribution in [2.45, 2.75) is 44.4 Å². The minimum atomic E-state index is -0.00603. The third kappa shape index (κ3) is 2.52. The Balaban J connectivity index is 1.71. The molecule has 0 aromatic heterocycles. The first-order valence-corrected chi connectivity index (χ1v) is 8.75. The number of aliphatic hydroxyl groups is 1. The second kappa shape index (κ2) is 5.63. The lowest BCUT2D eigenvalue weighted by Gasteiger charge is -2.45. The second-order valence-corrected chi connectivity index (χ2v) is 7.35. The number of phenolic OH excluding ortho intramolecular Hbond substituents is 2. The zero-order valence-electron chi connectivity index (χ0n) is 13.3. The van der Waals surface area contributed by atoms with Crippen molar-refractivity contribution in [3.05, 3.63) is 47.2 Å². The monoisotopic (exact) mass is 312 g/mol. The summed E-state index contributed by atoms with van der Waals surface area (Å²) in [6, 6.07) is 3.56. The molecule has 0 bridgehead atoms. The molecule has 3 N–H and O–H groups in total.